The number of aryl methyl sites for hydroxylation is 2. The van der Waals surface area contributed by atoms with E-state index in [4.69, 9.17) is 0 Å². The Hall–Kier alpha value is -2.02. The quantitative estimate of drug-likeness (QED) is 0.688. The van der Waals surface area contributed by atoms with Crippen molar-refractivity contribution in [3.63, 3.8) is 0 Å². The molecule has 92 valence electrons. The van der Waals surface area contributed by atoms with Crippen LogP contribution in [0.3, 0.4) is 0 Å². The summed E-state index contributed by atoms with van der Waals surface area (Å²) in [6.07, 6.45) is 3.09. The molecule has 0 spiro atoms. The van der Waals surface area contributed by atoms with Gasteiger partial charge < -0.3 is 0 Å². The summed E-state index contributed by atoms with van der Waals surface area (Å²) in [5.74, 6) is 0. The molecular formula is C11H11N5OS. The SMILES string of the molecule is Cc1csc(Cn2cnc3c(cnn3C)c2=O)n1. The molecule has 6 nitrogen and oxygen atoms in total. The fourth-order valence-corrected chi connectivity index (χ4v) is 2.57. The van der Waals surface area contributed by atoms with Crippen LogP contribution in [0.2, 0.25) is 0 Å². The second-order valence-electron chi connectivity index (χ2n) is 4.07. The molecule has 3 heterocycles. The summed E-state index contributed by atoms with van der Waals surface area (Å²) in [5, 5.41) is 7.44. The van der Waals surface area contributed by atoms with Gasteiger partial charge in [0.1, 0.15) is 16.7 Å². The molecule has 0 saturated heterocycles. The highest BCUT2D eigenvalue weighted by molar-refractivity contribution is 7.09. The summed E-state index contributed by atoms with van der Waals surface area (Å²) in [5.41, 5.74) is 1.49. The number of hydrogen-bond acceptors (Lipinski definition) is 5. The maximum Gasteiger partial charge on any atom is 0.264 e. The first-order valence-corrected chi connectivity index (χ1v) is 6.31. The van der Waals surface area contributed by atoms with Crippen molar-refractivity contribution < 1.29 is 0 Å². The van der Waals surface area contributed by atoms with Crippen LogP contribution in [0.4, 0.5) is 0 Å². The minimum absolute atomic E-state index is 0.0825. The Morgan fingerprint density at radius 3 is 3.00 bits per heavy atom. The van der Waals surface area contributed by atoms with Gasteiger partial charge in [0.15, 0.2) is 5.65 Å². The lowest BCUT2D eigenvalue weighted by Crippen LogP contribution is -2.21. The molecule has 0 aliphatic rings. The third-order valence-corrected chi connectivity index (χ3v) is 3.64. The molecule has 18 heavy (non-hydrogen) atoms. The van der Waals surface area contributed by atoms with Crippen LogP contribution >= 0.6 is 11.3 Å². The number of thiazole rings is 1. The van der Waals surface area contributed by atoms with Gasteiger partial charge in [0.2, 0.25) is 0 Å². The summed E-state index contributed by atoms with van der Waals surface area (Å²) in [7, 11) is 1.77. The summed E-state index contributed by atoms with van der Waals surface area (Å²) in [4.78, 5) is 20.8. The first-order valence-electron chi connectivity index (χ1n) is 5.43. The van der Waals surface area contributed by atoms with Crippen molar-refractivity contribution in [2.24, 2.45) is 7.05 Å². The maximum absolute atomic E-state index is 12.2. The van der Waals surface area contributed by atoms with Gasteiger partial charge in [-0.3, -0.25) is 14.0 Å². The largest absolute Gasteiger partial charge is 0.292 e. The fraction of sp³-hybridized carbons (Fsp3) is 0.273. The first-order chi connectivity index (χ1) is 8.65. The molecule has 0 bridgehead atoms. The van der Waals surface area contributed by atoms with E-state index in [-0.39, 0.29) is 5.56 Å². The van der Waals surface area contributed by atoms with Gasteiger partial charge in [0.05, 0.1) is 12.7 Å². The van der Waals surface area contributed by atoms with Crippen molar-refractivity contribution in [2.45, 2.75) is 13.5 Å². The van der Waals surface area contributed by atoms with E-state index in [0.717, 1.165) is 10.7 Å². The van der Waals surface area contributed by atoms with Gasteiger partial charge in [0, 0.05) is 18.1 Å². The Balaban J connectivity index is 2.07. The molecule has 0 aromatic carbocycles. The van der Waals surface area contributed by atoms with Crippen molar-refractivity contribution in [3.8, 4) is 0 Å². The number of rotatable bonds is 2. The van der Waals surface area contributed by atoms with Crippen LogP contribution in [0.1, 0.15) is 10.7 Å². The van der Waals surface area contributed by atoms with Crippen molar-refractivity contribution in [1.29, 1.82) is 0 Å². The molecule has 0 radical (unpaired) electrons. The van der Waals surface area contributed by atoms with Crippen LogP contribution in [0, 0.1) is 6.92 Å². The second kappa shape index (κ2) is 4.02. The molecule has 3 aromatic rings. The van der Waals surface area contributed by atoms with E-state index < -0.39 is 0 Å². The smallest absolute Gasteiger partial charge is 0.264 e. The van der Waals surface area contributed by atoms with Crippen LogP contribution in [0.5, 0.6) is 0 Å². The maximum atomic E-state index is 12.2. The molecular weight excluding hydrogens is 250 g/mol. The van der Waals surface area contributed by atoms with E-state index >= 15 is 0 Å². The molecule has 0 atom stereocenters. The summed E-state index contributed by atoms with van der Waals surface area (Å²) >= 11 is 1.54. The molecule has 0 aliphatic carbocycles. The Morgan fingerprint density at radius 2 is 2.28 bits per heavy atom. The lowest BCUT2D eigenvalue weighted by Gasteiger charge is -2.02. The van der Waals surface area contributed by atoms with Gasteiger partial charge in [-0.2, -0.15) is 5.10 Å². The molecule has 7 heteroatoms. The normalized spacial score (nSPS) is 11.2. The van der Waals surface area contributed by atoms with E-state index in [0.29, 0.717) is 17.6 Å². The molecule has 0 saturated carbocycles. The molecule has 0 unspecified atom stereocenters. The third-order valence-electron chi connectivity index (χ3n) is 2.69. The lowest BCUT2D eigenvalue weighted by molar-refractivity contribution is 0.732. The van der Waals surface area contributed by atoms with Crippen molar-refractivity contribution in [3.05, 3.63) is 39.0 Å². The number of aromatic nitrogens is 5. The Labute approximate surface area is 107 Å². The topological polar surface area (TPSA) is 65.6 Å². The van der Waals surface area contributed by atoms with E-state index in [2.05, 4.69) is 15.1 Å². The van der Waals surface area contributed by atoms with Crippen molar-refractivity contribution in [1.82, 2.24) is 24.3 Å². The average Bonchev–Trinajstić information content (AvgIpc) is 2.91. The average molecular weight is 261 g/mol. The predicted octanol–water partition coefficient (Wildman–Crippen LogP) is 0.943. The monoisotopic (exact) mass is 261 g/mol. The summed E-state index contributed by atoms with van der Waals surface area (Å²) in [6.45, 7) is 2.39. The predicted molar refractivity (Wildman–Crippen MR) is 68.7 cm³/mol. The second-order valence-corrected chi connectivity index (χ2v) is 5.01. The lowest BCUT2D eigenvalue weighted by atomic mass is 10.4. The van der Waals surface area contributed by atoms with Crippen molar-refractivity contribution in [2.75, 3.05) is 0 Å². The minimum Gasteiger partial charge on any atom is -0.292 e. The number of fused-ring (bicyclic) bond motifs is 1. The summed E-state index contributed by atoms with van der Waals surface area (Å²) in [6, 6.07) is 0. The molecule has 0 amide bonds. The van der Waals surface area contributed by atoms with E-state index in [1.165, 1.54) is 0 Å². The van der Waals surface area contributed by atoms with Crippen LogP contribution in [0.15, 0.2) is 22.7 Å². The first kappa shape index (κ1) is 11.1. The highest BCUT2D eigenvalue weighted by atomic mass is 32.1. The molecule has 0 N–H and O–H groups in total. The number of hydrogen-bond donors (Lipinski definition) is 0. The van der Waals surface area contributed by atoms with Crippen LogP contribution in [-0.4, -0.2) is 24.3 Å². The van der Waals surface area contributed by atoms with E-state index in [1.807, 2.05) is 12.3 Å². The van der Waals surface area contributed by atoms with Gasteiger partial charge in [-0.15, -0.1) is 11.3 Å². The van der Waals surface area contributed by atoms with E-state index in [9.17, 15) is 4.79 Å². The fourth-order valence-electron chi connectivity index (χ4n) is 1.80. The zero-order valence-corrected chi connectivity index (χ0v) is 10.8. The highest BCUT2D eigenvalue weighted by Gasteiger charge is 2.09. The van der Waals surface area contributed by atoms with Gasteiger partial charge in [-0.25, -0.2) is 9.97 Å². The Bertz CT molecular complexity index is 769. The molecule has 3 aromatic heterocycles. The number of nitrogens with zero attached hydrogens (tertiary/aromatic N) is 5. The summed E-state index contributed by atoms with van der Waals surface area (Å²) < 4.78 is 3.15. The zero-order chi connectivity index (χ0) is 12.7. The van der Waals surface area contributed by atoms with Crippen LogP contribution in [-0.2, 0) is 13.6 Å². The van der Waals surface area contributed by atoms with Crippen molar-refractivity contribution >= 4 is 22.4 Å². The van der Waals surface area contributed by atoms with Gasteiger partial charge in [-0.05, 0) is 6.92 Å². The van der Waals surface area contributed by atoms with E-state index in [1.54, 1.807) is 40.2 Å². The molecule has 0 fully saturated rings. The Morgan fingerprint density at radius 1 is 1.44 bits per heavy atom. The van der Waals surface area contributed by atoms with Crippen LogP contribution in [0.25, 0.3) is 11.0 Å². The van der Waals surface area contributed by atoms with Gasteiger partial charge in [0.25, 0.3) is 5.56 Å². The van der Waals surface area contributed by atoms with Crippen LogP contribution < -0.4 is 5.56 Å². The molecule has 0 aliphatic heterocycles. The Kier molecular flexibility index (Phi) is 2.48. The molecule has 3 rings (SSSR count). The zero-order valence-electron chi connectivity index (χ0n) is 9.99. The highest BCUT2D eigenvalue weighted by Crippen LogP contribution is 2.10. The van der Waals surface area contributed by atoms with Gasteiger partial charge >= 0.3 is 0 Å². The van der Waals surface area contributed by atoms with Gasteiger partial charge in [-0.1, -0.05) is 0 Å². The minimum atomic E-state index is -0.0825. The third kappa shape index (κ3) is 1.72. The standard InChI is InChI=1S/C11H11N5OS/c1-7-5-18-9(14-7)4-16-6-12-10-8(11(16)17)3-13-15(10)2/h3,5-6H,4H2,1-2H3.